The Morgan fingerprint density at radius 2 is 0.614 bits per heavy atom. The van der Waals surface area contributed by atoms with Crippen LogP contribution < -0.4 is 0 Å². The third kappa shape index (κ3) is 3.96. The molecule has 0 amide bonds. The minimum absolute atomic E-state index is 0.883. The van der Waals surface area contributed by atoms with Gasteiger partial charge in [0.1, 0.15) is 22.7 Å². The molecular formula is C42H26O2. The minimum Gasteiger partial charge on any atom is -0.456 e. The molecule has 206 valence electrons. The summed E-state index contributed by atoms with van der Waals surface area (Å²) in [5.74, 6) is 1.77. The fraction of sp³-hybridized carbons (Fsp3) is 0. The fourth-order valence-electron chi connectivity index (χ4n) is 6.60. The second kappa shape index (κ2) is 9.86. The predicted octanol–water partition coefficient (Wildman–Crippen LogP) is 12.2. The Balaban J connectivity index is 1.18. The molecule has 0 aliphatic rings. The second-order valence-corrected chi connectivity index (χ2v) is 11.3. The highest BCUT2D eigenvalue weighted by molar-refractivity contribution is 6.21. The van der Waals surface area contributed by atoms with Crippen LogP contribution in [0.4, 0.5) is 0 Å². The summed E-state index contributed by atoms with van der Waals surface area (Å²) in [6.07, 6.45) is 0. The van der Waals surface area contributed by atoms with Crippen molar-refractivity contribution >= 4 is 43.5 Å². The van der Waals surface area contributed by atoms with E-state index in [9.17, 15) is 0 Å². The molecular weight excluding hydrogens is 536 g/mol. The molecule has 0 aliphatic carbocycles. The minimum atomic E-state index is 0.883. The molecule has 2 aromatic heterocycles. The topological polar surface area (TPSA) is 26.3 Å². The zero-order valence-corrected chi connectivity index (χ0v) is 23.8. The van der Waals surface area contributed by atoms with Crippen LogP contribution in [0.15, 0.2) is 167 Å². The summed E-state index contributed by atoms with van der Waals surface area (Å²) in [5, 5.41) is 7.17. The van der Waals surface area contributed by atoms with Crippen LogP contribution in [0.5, 0.6) is 0 Å². The number of hydrogen-bond donors (Lipinski definition) is 0. The Morgan fingerprint density at radius 1 is 0.295 bits per heavy atom. The fourth-order valence-corrected chi connectivity index (χ4v) is 6.60. The van der Waals surface area contributed by atoms with Crippen molar-refractivity contribution in [3.05, 3.63) is 158 Å². The smallest absolute Gasteiger partial charge is 0.135 e. The zero-order valence-electron chi connectivity index (χ0n) is 23.8. The normalized spacial score (nSPS) is 11.6. The summed E-state index contributed by atoms with van der Waals surface area (Å²) in [6.45, 7) is 0. The molecule has 9 aromatic rings. The standard InChI is InChI=1S/C42H26O2/c1-7-15-37-31(9-1)25-39(43-37)27-17-21-29(22-18-27)41-33-11-3-5-13-35(33)42(36-14-6-4-12-34(36)41)30-23-19-28(20-24-30)40-26-32-10-2-8-16-38(32)44-40/h1-26H. The van der Waals surface area contributed by atoms with Gasteiger partial charge in [0.05, 0.1) is 0 Å². The summed E-state index contributed by atoms with van der Waals surface area (Å²) in [6, 6.07) is 55.6. The molecule has 0 atom stereocenters. The van der Waals surface area contributed by atoms with E-state index < -0.39 is 0 Å². The predicted molar refractivity (Wildman–Crippen MR) is 183 cm³/mol. The summed E-state index contributed by atoms with van der Waals surface area (Å²) >= 11 is 0. The number of fused-ring (bicyclic) bond motifs is 4. The average Bonchev–Trinajstić information content (AvgIpc) is 3.72. The van der Waals surface area contributed by atoms with Crippen LogP contribution in [-0.4, -0.2) is 0 Å². The van der Waals surface area contributed by atoms with E-state index in [0.717, 1.165) is 44.6 Å². The van der Waals surface area contributed by atoms with Gasteiger partial charge in [0, 0.05) is 21.9 Å². The molecule has 0 saturated carbocycles. The Bertz CT molecular complexity index is 2180. The summed E-state index contributed by atoms with van der Waals surface area (Å²) < 4.78 is 12.3. The molecule has 44 heavy (non-hydrogen) atoms. The first-order valence-corrected chi connectivity index (χ1v) is 14.9. The maximum absolute atomic E-state index is 6.15. The summed E-state index contributed by atoms with van der Waals surface area (Å²) in [5.41, 5.74) is 8.81. The van der Waals surface area contributed by atoms with Crippen LogP contribution in [0.1, 0.15) is 0 Å². The van der Waals surface area contributed by atoms with E-state index >= 15 is 0 Å². The molecule has 0 unspecified atom stereocenters. The van der Waals surface area contributed by atoms with Crippen molar-refractivity contribution in [1.82, 2.24) is 0 Å². The first-order valence-electron chi connectivity index (χ1n) is 14.9. The van der Waals surface area contributed by atoms with E-state index in [1.807, 2.05) is 36.4 Å². The molecule has 9 rings (SSSR count). The largest absolute Gasteiger partial charge is 0.456 e. The number of furan rings is 2. The molecule has 0 aliphatic heterocycles. The summed E-state index contributed by atoms with van der Waals surface area (Å²) in [7, 11) is 0. The van der Waals surface area contributed by atoms with Gasteiger partial charge < -0.3 is 8.83 Å². The van der Waals surface area contributed by atoms with E-state index in [1.54, 1.807) is 0 Å². The first kappa shape index (κ1) is 24.7. The van der Waals surface area contributed by atoms with Crippen molar-refractivity contribution < 1.29 is 8.83 Å². The van der Waals surface area contributed by atoms with Gasteiger partial charge in [-0.3, -0.25) is 0 Å². The molecule has 7 aromatic carbocycles. The number of rotatable bonds is 4. The van der Waals surface area contributed by atoms with Crippen LogP contribution in [0.2, 0.25) is 0 Å². The third-order valence-electron chi connectivity index (χ3n) is 8.70. The lowest BCUT2D eigenvalue weighted by molar-refractivity contribution is 0.631. The van der Waals surface area contributed by atoms with Crippen LogP contribution in [-0.2, 0) is 0 Å². The van der Waals surface area contributed by atoms with E-state index in [1.165, 1.54) is 43.8 Å². The van der Waals surface area contributed by atoms with Crippen LogP contribution in [0, 0.1) is 0 Å². The molecule has 0 N–H and O–H groups in total. The van der Waals surface area contributed by atoms with Crippen molar-refractivity contribution in [1.29, 1.82) is 0 Å². The summed E-state index contributed by atoms with van der Waals surface area (Å²) in [4.78, 5) is 0. The van der Waals surface area contributed by atoms with Crippen molar-refractivity contribution in [3.8, 4) is 44.9 Å². The van der Waals surface area contributed by atoms with E-state index in [0.29, 0.717) is 0 Å². The van der Waals surface area contributed by atoms with E-state index in [4.69, 9.17) is 8.83 Å². The molecule has 0 saturated heterocycles. The van der Waals surface area contributed by atoms with Crippen LogP contribution in [0.25, 0.3) is 88.4 Å². The van der Waals surface area contributed by atoms with Crippen LogP contribution in [0.3, 0.4) is 0 Å². The van der Waals surface area contributed by atoms with E-state index in [-0.39, 0.29) is 0 Å². The van der Waals surface area contributed by atoms with Crippen molar-refractivity contribution in [2.45, 2.75) is 0 Å². The highest BCUT2D eigenvalue weighted by atomic mass is 16.3. The lowest BCUT2D eigenvalue weighted by atomic mass is 9.85. The Hall–Kier alpha value is -5.86. The van der Waals surface area contributed by atoms with Crippen molar-refractivity contribution in [2.24, 2.45) is 0 Å². The third-order valence-corrected chi connectivity index (χ3v) is 8.70. The number of benzene rings is 7. The van der Waals surface area contributed by atoms with Crippen LogP contribution >= 0.6 is 0 Å². The molecule has 2 heterocycles. The second-order valence-electron chi connectivity index (χ2n) is 11.3. The molecule has 0 spiro atoms. The Morgan fingerprint density at radius 3 is 0.977 bits per heavy atom. The lowest BCUT2D eigenvalue weighted by Crippen LogP contribution is -1.91. The highest BCUT2D eigenvalue weighted by Crippen LogP contribution is 2.44. The van der Waals surface area contributed by atoms with Gasteiger partial charge >= 0.3 is 0 Å². The SMILES string of the molecule is c1ccc2oc(-c3ccc(-c4c5ccccc5c(-c5ccc(-c6cc7ccccc7o6)cc5)c5ccccc45)cc3)cc2c1. The number of hydrogen-bond acceptors (Lipinski definition) is 2. The quantitative estimate of drug-likeness (QED) is 0.199. The van der Waals surface area contributed by atoms with E-state index in [2.05, 4.69) is 121 Å². The monoisotopic (exact) mass is 562 g/mol. The molecule has 0 fully saturated rings. The van der Waals surface area contributed by atoms with Crippen molar-refractivity contribution in [3.63, 3.8) is 0 Å². The maximum atomic E-state index is 6.15. The number of para-hydroxylation sites is 2. The zero-order chi connectivity index (χ0) is 29.0. The van der Waals surface area contributed by atoms with Gasteiger partial charge in [-0.05, 0) is 68.1 Å². The van der Waals surface area contributed by atoms with Gasteiger partial charge in [-0.25, -0.2) is 0 Å². The van der Waals surface area contributed by atoms with Crippen molar-refractivity contribution in [2.75, 3.05) is 0 Å². The van der Waals surface area contributed by atoms with Gasteiger partial charge in [-0.15, -0.1) is 0 Å². The van der Waals surface area contributed by atoms with Gasteiger partial charge in [0.15, 0.2) is 0 Å². The lowest BCUT2D eigenvalue weighted by Gasteiger charge is -2.18. The molecule has 2 nitrogen and oxygen atoms in total. The molecule has 0 radical (unpaired) electrons. The average molecular weight is 563 g/mol. The maximum Gasteiger partial charge on any atom is 0.135 e. The Labute approximate surface area is 254 Å². The van der Waals surface area contributed by atoms with Gasteiger partial charge in [0.2, 0.25) is 0 Å². The van der Waals surface area contributed by atoms with Gasteiger partial charge in [-0.1, -0.05) is 133 Å². The molecule has 2 heteroatoms. The highest BCUT2D eigenvalue weighted by Gasteiger charge is 2.17. The van der Waals surface area contributed by atoms with Gasteiger partial charge in [0.25, 0.3) is 0 Å². The first-order chi connectivity index (χ1) is 21.8. The molecule has 0 bridgehead atoms. The Kier molecular flexibility index (Phi) is 5.54. The van der Waals surface area contributed by atoms with Gasteiger partial charge in [-0.2, -0.15) is 0 Å².